The highest BCUT2D eigenvalue weighted by molar-refractivity contribution is 6.00. The predicted molar refractivity (Wildman–Crippen MR) is 107 cm³/mol. The van der Waals surface area contributed by atoms with Crippen LogP contribution in [0.4, 0.5) is 16.2 Å². The van der Waals surface area contributed by atoms with Gasteiger partial charge in [0, 0.05) is 35.0 Å². The number of benzene rings is 2. The van der Waals surface area contributed by atoms with Gasteiger partial charge in [-0.05, 0) is 44.2 Å². The third kappa shape index (κ3) is 3.50. The molecule has 0 aliphatic rings. The standard InChI is InChI=1S/C21H19N5O/c1-14-7-9-17(10-8-14)23-21(27)24-18-6-3-5-16(13-18)19-15(2)26-12-4-11-22-20(26)25-19/h3-13H,1-2H3,(H2,23,24,27). The molecule has 27 heavy (non-hydrogen) atoms. The molecule has 2 aromatic heterocycles. The minimum absolute atomic E-state index is 0.288. The molecule has 2 heterocycles. The second kappa shape index (κ2) is 6.92. The molecular formula is C21H19N5O. The fraction of sp³-hybridized carbons (Fsp3) is 0.0952. The van der Waals surface area contributed by atoms with Gasteiger partial charge in [0.25, 0.3) is 0 Å². The quantitative estimate of drug-likeness (QED) is 0.560. The molecule has 0 fully saturated rings. The lowest BCUT2D eigenvalue weighted by Crippen LogP contribution is -2.19. The summed E-state index contributed by atoms with van der Waals surface area (Å²) in [6.45, 7) is 4.01. The molecule has 0 bridgehead atoms. The van der Waals surface area contributed by atoms with Gasteiger partial charge in [-0.2, -0.15) is 0 Å². The largest absolute Gasteiger partial charge is 0.323 e. The van der Waals surface area contributed by atoms with Gasteiger partial charge in [0.2, 0.25) is 5.78 Å². The molecule has 2 N–H and O–H groups in total. The molecule has 6 heteroatoms. The lowest BCUT2D eigenvalue weighted by atomic mass is 10.1. The van der Waals surface area contributed by atoms with Crippen molar-refractivity contribution in [3.63, 3.8) is 0 Å². The van der Waals surface area contributed by atoms with E-state index in [0.29, 0.717) is 11.5 Å². The third-order valence-corrected chi connectivity index (χ3v) is 4.35. The van der Waals surface area contributed by atoms with Crippen molar-refractivity contribution in [1.29, 1.82) is 0 Å². The number of fused-ring (bicyclic) bond motifs is 1. The van der Waals surface area contributed by atoms with Crippen LogP contribution < -0.4 is 10.6 Å². The molecule has 2 aromatic carbocycles. The first-order valence-electron chi connectivity index (χ1n) is 8.65. The third-order valence-electron chi connectivity index (χ3n) is 4.35. The summed E-state index contributed by atoms with van der Waals surface area (Å²) in [5.41, 5.74) is 5.35. The van der Waals surface area contributed by atoms with E-state index in [-0.39, 0.29) is 6.03 Å². The van der Waals surface area contributed by atoms with E-state index in [1.165, 1.54) is 0 Å². The summed E-state index contributed by atoms with van der Waals surface area (Å²) in [7, 11) is 0. The highest BCUT2D eigenvalue weighted by atomic mass is 16.2. The number of aromatic nitrogens is 3. The maximum atomic E-state index is 12.3. The van der Waals surface area contributed by atoms with Crippen LogP contribution in [0, 0.1) is 13.8 Å². The molecule has 134 valence electrons. The fourth-order valence-electron chi connectivity index (χ4n) is 2.95. The minimum atomic E-state index is -0.288. The first-order valence-corrected chi connectivity index (χ1v) is 8.65. The summed E-state index contributed by atoms with van der Waals surface area (Å²) in [5.74, 6) is 0.653. The Kier molecular flexibility index (Phi) is 4.30. The summed E-state index contributed by atoms with van der Waals surface area (Å²) in [5, 5.41) is 5.70. The van der Waals surface area contributed by atoms with Gasteiger partial charge in [0.1, 0.15) is 0 Å². The molecule has 0 atom stereocenters. The zero-order valence-electron chi connectivity index (χ0n) is 15.1. The number of anilines is 2. The Morgan fingerprint density at radius 2 is 1.74 bits per heavy atom. The van der Waals surface area contributed by atoms with Gasteiger partial charge in [-0.1, -0.05) is 29.8 Å². The molecule has 0 spiro atoms. The predicted octanol–water partition coefficient (Wildman–Crippen LogP) is 4.66. The number of carbonyl (C=O) groups excluding carboxylic acids is 1. The number of rotatable bonds is 3. The Labute approximate surface area is 156 Å². The number of amides is 2. The highest BCUT2D eigenvalue weighted by Crippen LogP contribution is 2.25. The molecule has 0 aliphatic carbocycles. The van der Waals surface area contributed by atoms with Gasteiger partial charge < -0.3 is 10.6 Å². The number of nitrogens with zero attached hydrogens (tertiary/aromatic N) is 3. The molecule has 4 aromatic rings. The summed E-state index contributed by atoms with van der Waals surface area (Å²) in [4.78, 5) is 21.2. The van der Waals surface area contributed by atoms with Gasteiger partial charge in [-0.15, -0.1) is 0 Å². The fourth-order valence-corrected chi connectivity index (χ4v) is 2.95. The SMILES string of the molecule is Cc1ccc(NC(=O)Nc2cccc(-c3nc4ncccn4c3C)c2)cc1. The lowest BCUT2D eigenvalue weighted by Gasteiger charge is -2.09. The van der Waals surface area contributed by atoms with Gasteiger partial charge in [0.15, 0.2) is 0 Å². The van der Waals surface area contributed by atoms with Crippen LogP contribution in [0.25, 0.3) is 17.0 Å². The van der Waals surface area contributed by atoms with E-state index in [4.69, 9.17) is 0 Å². The van der Waals surface area contributed by atoms with Crippen molar-refractivity contribution >= 4 is 23.2 Å². The summed E-state index contributed by atoms with van der Waals surface area (Å²) >= 11 is 0. The number of nitrogens with one attached hydrogen (secondary N) is 2. The Hall–Kier alpha value is -3.67. The minimum Gasteiger partial charge on any atom is -0.308 e. The van der Waals surface area contributed by atoms with Gasteiger partial charge in [0.05, 0.1) is 5.69 Å². The molecule has 0 radical (unpaired) electrons. The Balaban J connectivity index is 1.56. The van der Waals surface area contributed by atoms with Crippen molar-refractivity contribution in [2.75, 3.05) is 10.6 Å². The van der Waals surface area contributed by atoms with Gasteiger partial charge in [-0.3, -0.25) is 4.40 Å². The van der Waals surface area contributed by atoms with E-state index < -0.39 is 0 Å². The lowest BCUT2D eigenvalue weighted by molar-refractivity contribution is 0.262. The van der Waals surface area contributed by atoms with E-state index in [9.17, 15) is 4.79 Å². The Morgan fingerprint density at radius 3 is 2.52 bits per heavy atom. The zero-order chi connectivity index (χ0) is 18.8. The monoisotopic (exact) mass is 357 g/mol. The van der Waals surface area contributed by atoms with Crippen molar-refractivity contribution in [2.24, 2.45) is 0 Å². The van der Waals surface area contributed by atoms with Crippen LogP contribution in [0.5, 0.6) is 0 Å². The van der Waals surface area contributed by atoms with Crippen LogP contribution in [0.15, 0.2) is 67.0 Å². The van der Waals surface area contributed by atoms with Crippen LogP contribution in [0.3, 0.4) is 0 Å². The average Bonchev–Trinajstić information content (AvgIpc) is 3.01. The molecule has 0 unspecified atom stereocenters. The van der Waals surface area contributed by atoms with E-state index in [2.05, 4.69) is 20.6 Å². The van der Waals surface area contributed by atoms with Crippen molar-refractivity contribution < 1.29 is 4.79 Å². The molecule has 0 saturated heterocycles. The smallest absolute Gasteiger partial charge is 0.308 e. The number of hydrogen-bond donors (Lipinski definition) is 2. The van der Waals surface area contributed by atoms with Gasteiger partial charge >= 0.3 is 6.03 Å². The van der Waals surface area contributed by atoms with Crippen LogP contribution in [-0.2, 0) is 0 Å². The Bertz CT molecular complexity index is 1120. The van der Waals surface area contributed by atoms with Crippen molar-refractivity contribution in [1.82, 2.24) is 14.4 Å². The molecule has 6 nitrogen and oxygen atoms in total. The maximum absolute atomic E-state index is 12.3. The molecule has 2 amide bonds. The molecule has 0 aliphatic heterocycles. The summed E-state index contributed by atoms with van der Waals surface area (Å²) in [6.07, 6.45) is 3.66. The highest BCUT2D eigenvalue weighted by Gasteiger charge is 2.12. The maximum Gasteiger partial charge on any atom is 0.323 e. The summed E-state index contributed by atoms with van der Waals surface area (Å²) < 4.78 is 1.94. The van der Waals surface area contributed by atoms with Crippen LogP contribution in [0.2, 0.25) is 0 Å². The number of aryl methyl sites for hydroxylation is 2. The number of hydrogen-bond acceptors (Lipinski definition) is 3. The summed E-state index contributed by atoms with van der Waals surface area (Å²) in [6, 6.07) is 16.9. The van der Waals surface area contributed by atoms with Crippen LogP contribution in [0.1, 0.15) is 11.3 Å². The van der Waals surface area contributed by atoms with Crippen LogP contribution in [-0.4, -0.2) is 20.4 Å². The molecular weight excluding hydrogens is 338 g/mol. The number of carbonyl (C=O) groups is 1. The van der Waals surface area contributed by atoms with Crippen LogP contribution >= 0.6 is 0 Å². The second-order valence-corrected chi connectivity index (χ2v) is 6.36. The first-order chi connectivity index (χ1) is 13.1. The zero-order valence-corrected chi connectivity index (χ0v) is 15.1. The van der Waals surface area contributed by atoms with E-state index in [0.717, 1.165) is 28.2 Å². The van der Waals surface area contributed by atoms with E-state index >= 15 is 0 Å². The van der Waals surface area contributed by atoms with Crippen molar-refractivity contribution in [2.45, 2.75) is 13.8 Å². The van der Waals surface area contributed by atoms with Crippen molar-refractivity contribution in [3.05, 3.63) is 78.2 Å². The van der Waals surface area contributed by atoms with Crippen molar-refractivity contribution in [3.8, 4) is 11.3 Å². The van der Waals surface area contributed by atoms with E-state index in [1.807, 2.05) is 79.0 Å². The number of imidazole rings is 1. The first kappa shape index (κ1) is 16.8. The number of urea groups is 1. The normalized spacial score (nSPS) is 10.7. The van der Waals surface area contributed by atoms with Gasteiger partial charge in [-0.25, -0.2) is 14.8 Å². The second-order valence-electron chi connectivity index (χ2n) is 6.36. The Morgan fingerprint density at radius 1 is 0.963 bits per heavy atom. The molecule has 0 saturated carbocycles. The molecule has 4 rings (SSSR count). The topological polar surface area (TPSA) is 71.3 Å². The average molecular weight is 357 g/mol. The van der Waals surface area contributed by atoms with E-state index in [1.54, 1.807) is 6.20 Å².